The van der Waals surface area contributed by atoms with E-state index in [1.807, 2.05) is 13.8 Å². The van der Waals surface area contributed by atoms with Crippen molar-refractivity contribution >= 4 is 11.9 Å². The molecule has 1 amide bonds. The lowest BCUT2D eigenvalue weighted by molar-refractivity contribution is -0.187. The van der Waals surface area contributed by atoms with Gasteiger partial charge in [0, 0.05) is 20.1 Å². The first-order valence-electron chi connectivity index (χ1n) is 7.15. The summed E-state index contributed by atoms with van der Waals surface area (Å²) in [5.41, 5.74) is 0.804. The fourth-order valence-corrected chi connectivity index (χ4v) is 2.69. The molecule has 1 fully saturated rings. The molecule has 6 nitrogen and oxygen atoms in total. The minimum absolute atomic E-state index is 0.0658. The summed E-state index contributed by atoms with van der Waals surface area (Å²) in [5, 5.41) is 13.1. The predicted molar refractivity (Wildman–Crippen MR) is 73.9 cm³/mol. The lowest BCUT2D eigenvalue weighted by atomic mass is 9.96. The van der Waals surface area contributed by atoms with Crippen molar-refractivity contribution < 1.29 is 27.9 Å². The molecule has 1 aliphatic heterocycles. The standard InChI is InChI=1S/C14H18F3N3O3/c1-7(2)10-4-11(19(3)18-10)12(21)20-5-8(13(22)23)9(6-20)14(15,16)17/h4,7-9H,5-6H2,1-3H3,(H,22,23)/t8-,9-/m1/s1. The summed E-state index contributed by atoms with van der Waals surface area (Å²) in [7, 11) is 1.53. The third kappa shape index (κ3) is 3.32. The van der Waals surface area contributed by atoms with Crippen LogP contribution in [0.4, 0.5) is 13.2 Å². The van der Waals surface area contributed by atoms with E-state index in [9.17, 15) is 22.8 Å². The highest BCUT2D eigenvalue weighted by Gasteiger charge is 2.53. The van der Waals surface area contributed by atoms with E-state index in [1.54, 1.807) is 0 Å². The van der Waals surface area contributed by atoms with Gasteiger partial charge in [0.15, 0.2) is 0 Å². The lowest BCUT2D eigenvalue weighted by Crippen LogP contribution is -2.34. The van der Waals surface area contributed by atoms with Gasteiger partial charge in [-0.15, -0.1) is 0 Å². The molecule has 1 aliphatic rings. The van der Waals surface area contributed by atoms with Crippen LogP contribution in [-0.4, -0.2) is 50.9 Å². The largest absolute Gasteiger partial charge is 0.481 e. The van der Waals surface area contributed by atoms with Crippen molar-refractivity contribution in [2.75, 3.05) is 13.1 Å². The number of nitrogens with zero attached hydrogens (tertiary/aromatic N) is 3. The van der Waals surface area contributed by atoms with Crippen molar-refractivity contribution in [3.8, 4) is 0 Å². The number of hydrogen-bond acceptors (Lipinski definition) is 3. The number of carboxylic acids is 1. The molecule has 0 spiro atoms. The smallest absolute Gasteiger partial charge is 0.394 e. The minimum Gasteiger partial charge on any atom is -0.481 e. The number of carboxylic acid groups (broad SMARTS) is 1. The summed E-state index contributed by atoms with van der Waals surface area (Å²) in [6.07, 6.45) is -4.66. The zero-order valence-corrected chi connectivity index (χ0v) is 13.0. The molecule has 1 N–H and O–H groups in total. The van der Waals surface area contributed by atoms with E-state index in [0.717, 1.165) is 4.90 Å². The first kappa shape index (κ1) is 17.3. The second-order valence-corrected chi connectivity index (χ2v) is 6.04. The molecule has 2 rings (SSSR count). The van der Waals surface area contributed by atoms with Gasteiger partial charge in [-0.2, -0.15) is 18.3 Å². The monoisotopic (exact) mass is 333 g/mol. The second kappa shape index (κ2) is 5.86. The maximum absolute atomic E-state index is 13.0. The average molecular weight is 333 g/mol. The zero-order valence-electron chi connectivity index (χ0n) is 13.0. The first-order valence-corrected chi connectivity index (χ1v) is 7.15. The van der Waals surface area contributed by atoms with Crippen LogP contribution in [0.5, 0.6) is 0 Å². The van der Waals surface area contributed by atoms with E-state index >= 15 is 0 Å². The molecule has 0 aromatic carbocycles. The summed E-state index contributed by atoms with van der Waals surface area (Å²) in [5.74, 6) is -5.81. The van der Waals surface area contributed by atoms with Crippen LogP contribution in [0.2, 0.25) is 0 Å². The van der Waals surface area contributed by atoms with E-state index in [-0.39, 0.29) is 11.6 Å². The van der Waals surface area contributed by atoms with Crippen LogP contribution in [0.15, 0.2) is 6.07 Å². The second-order valence-electron chi connectivity index (χ2n) is 6.04. The molecule has 0 aliphatic carbocycles. The van der Waals surface area contributed by atoms with Crippen LogP contribution in [0.1, 0.15) is 35.9 Å². The Labute approximate surface area is 130 Å². The molecule has 0 radical (unpaired) electrons. The van der Waals surface area contributed by atoms with Gasteiger partial charge in [0.1, 0.15) is 5.69 Å². The number of aryl methyl sites for hydroxylation is 1. The van der Waals surface area contributed by atoms with E-state index in [0.29, 0.717) is 5.69 Å². The summed E-state index contributed by atoms with van der Waals surface area (Å²) < 4.78 is 40.3. The van der Waals surface area contributed by atoms with E-state index in [4.69, 9.17) is 5.11 Å². The van der Waals surface area contributed by atoms with Crippen LogP contribution in [0.25, 0.3) is 0 Å². The van der Waals surface area contributed by atoms with Gasteiger partial charge < -0.3 is 10.0 Å². The highest BCUT2D eigenvalue weighted by molar-refractivity contribution is 5.93. The number of amides is 1. The highest BCUT2D eigenvalue weighted by Crippen LogP contribution is 2.38. The van der Waals surface area contributed by atoms with Gasteiger partial charge in [0.05, 0.1) is 17.5 Å². The Morgan fingerprint density at radius 2 is 1.96 bits per heavy atom. The number of aliphatic carboxylic acids is 1. The number of likely N-dealkylation sites (tertiary alicyclic amines) is 1. The van der Waals surface area contributed by atoms with Crippen molar-refractivity contribution in [3.63, 3.8) is 0 Å². The number of alkyl halides is 3. The maximum Gasteiger partial charge on any atom is 0.394 e. The number of carbonyl (C=O) groups is 2. The highest BCUT2D eigenvalue weighted by atomic mass is 19.4. The predicted octanol–water partition coefficient (Wildman–Crippen LogP) is 1.88. The number of rotatable bonds is 3. The molecule has 9 heteroatoms. The fourth-order valence-electron chi connectivity index (χ4n) is 2.69. The molecule has 0 bridgehead atoms. The Balaban J connectivity index is 2.26. The van der Waals surface area contributed by atoms with Crippen LogP contribution in [0.3, 0.4) is 0 Å². The van der Waals surface area contributed by atoms with Crippen LogP contribution in [0, 0.1) is 11.8 Å². The average Bonchev–Trinajstić information content (AvgIpc) is 3.01. The van der Waals surface area contributed by atoms with Gasteiger partial charge >= 0.3 is 12.1 Å². The molecule has 128 valence electrons. The van der Waals surface area contributed by atoms with E-state index in [1.165, 1.54) is 17.8 Å². The van der Waals surface area contributed by atoms with Gasteiger partial charge in [0.2, 0.25) is 0 Å². The quantitative estimate of drug-likeness (QED) is 0.916. The maximum atomic E-state index is 13.0. The third-order valence-corrected chi connectivity index (χ3v) is 4.05. The molecule has 2 atom stereocenters. The van der Waals surface area contributed by atoms with Crippen LogP contribution in [-0.2, 0) is 11.8 Å². The molecule has 1 saturated heterocycles. The molecule has 1 aromatic rings. The summed E-state index contributed by atoms with van der Waals surface area (Å²) in [6, 6.07) is 1.53. The summed E-state index contributed by atoms with van der Waals surface area (Å²) in [4.78, 5) is 24.5. The Kier molecular flexibility index (Phi) is 4.41. The lowest BCUT2D eigenvalue weighted by Gasteiger charge is -2.18. The van der Waals surface area contributed by atoms with Gasteiger partial charge in [-0.3, -0.25) is 14.3 Å². The van der Waals surface area contributed by atoms with Crippen LogP contribution >= 0.6 is 0 Å². The molecule has 23 heavy (non-hydrogen) atoms. The van der Waals surface area contributed by atoms with Gasteiger partial charge in [0.25, 0.3) is 5.91 Å². The van der Waals surface area contributed by atoms with Crippen LogP contribution < -0.4 is 0 Å². The molecule has 0 saturated carbocycles. The first-order chi connectivity index (χ1) is 10.5. The Bertz CT molecular complexity index is 625. The Hall–Kier alpha value is -2.06. The zero-order chi connectivity index (χ0) is 17.5. The topological polar surface area (TPSA) is 75.4 Å². The van der Waals surface area contributed by atoms with Crippen molar-refractivity contribution in [1.29, 1.82) is 0 Å². The molecule has 0 unspecified atom stereocenters. The third-order valence-electron chi connectivity index (χ3n) is 4.05. The summed E-state index contributed by atoms with van der Waals surface area (Å²) >= 11 is 0. The number of carbonyl (C=O) groups excluding carboxylic acids is 1. The molecular formula is C14H18F3N3O3. The van der Waals surface area contributed by atoms with Gasteiger partial charge in [-0.05, 0) is 12.0 Å². The fraction of sp³-hybridized carbons (Fsp3) is 0.643. The van der Waals surface area contributed by atoms with Crippen molar-refractivity contribution in [2.45, 2.75) is 25.9 Å². The Morgan fingerprint density at radius 1 is 1.35 bits per heavy atom. The Morgan fingerprint density at radius 3 is 2.35 bits per heavy atom. The molecule has 2 heterocycles. The van der Waals surface area contributed by atoms with E-state index < -0.39 is 43.0 Å². The van der Waals surface area contributed by atoms with Gasteiger partial charge in [-0.1, -0.05) is 13.8 Å². The number of aromatic nitrogens is 2. The van der Waals surface area contributed by atoms with Crippen molar-refractivity contribution in [1.82, 2.24) is 14.7 Å². The normalized spacial score (nSPS) is 22.0. The summed E-state index contributed by atoms with van der Waals surface area (Å²) in [6.45, 7) is 2.65. The molecule has 1 aromatic heterocycles. The van der Waals surface area contributed by atoms with E-state index in [2.05, 4.69) is 5.10 Å². The van der Waals surface area contributed by atoms with Crippen molar-refractivity contribution in [2.24, 2.45) is 18.9 Å². The van der Waals surface area contributed by atoms with Gasteiger partial charge in [-0.25, -0.2) is 0 Å². The number of hydrogen-bond donors (Lipinski definition) is 1. The van der Waals surface area contributed by atoms with Crippen molar-refractivity contribution in [3.05, 3.63) is 17.5 Å². The minimum atomic E-state index is -4.66. The number of halogens is 3. The molecular weight excluding hydrogens is 315 g/mol. The SMILES string of the molecule is CC(C)c1cc(C(=O)N2C[C@@H](C(F)(F)F)[C@H](C(=O)O)C2)n(C)n1.